The van der Waals surface area contributed by atoms with Gasteiger partial charge in [0, 0.05) is 13.1 Å². The Morgan fingerprint density at radius 2 is 2.04 bits per heavy atom. The van der Waals surface area contributed by atoms with Crippen LogP contribution in [-0.2, 0) is 4.79 Å². The molecule has 0 bridgehead atoms. The highest BCUT2D eigenvalue weighted by Crippen LogP contribution is 2.35. The quantitative estimate of drug-likeness (QED) is 0.355. The number of carbonyl (C=O) groups excluding carboxylic acids is 1. The van der Waals surface area contributed by atoms with E-state index in [0.717, 1.165) is 0 Å². The van der Waals surface area contributed by atoms with Crippen molar-refractivity contribution in [3.8, 4) is 17.2 Å². The van der Waals surface area contributed by atoms with Crippen LogP contribution in [0.3, 0.4) is 0 Å². The Morgan fingerprint density at radius 3 is 2.69 bits per heavy atom. The molecule has 1 aromatic carbocycles. The molecular formula is C18H30N2O6. The van der Waals surface area contributed by atoms with Crippen LogP contribution in [0.25, 0.3) is 0 Å². The number of phenols is 2. The third-order valence-electron chi connectivity index (χ3n) is 3.87. The van der Waals surface area contributed by atoms with Crippen molar-refractivity contribution in [1.29, 1.82) is 0 Å². The van der Waals surface area contributed by atoms with Gasteiger partial charge in [-0.3, -0.25) is 9.69 Å². The first kappa shape index (κ1) is 22.0. The lowest BCUT2D eigenvalue weighted by Crippen LogP contribution is -2.42. The number of nitrogens with zero attached hydrogens (tertiary/aromatic N) is 1. The highest BCUT2D eigenvalue weighted by atomic mass is 16.5. The second-order valence-corrected chi connectivity index (χ2v) is 7.20. The zero-order valence-electron chi connectivity index (χ0n) is 15.6. The Morgan fingerprint density at radius 1 is 1.35 bits per heavy atom. The average molecular weight is 370 g/mol. The number of aliphatic hydroxyl groups is 2. The number of phenolic OH excluding ortho intramolecular Hbond substituents is 2. The van der Waals surface area contributed by atoms with Gasteiger partial charge in [-0.15, -0.1) is 0 Å². The third kappa shape index (κ3) is 7.90. The molecule has 0 heterocycles. The van der Waals surface area contributed by atoms with Crippen molar-refractivity contribution >= 4 is 5.91 Å². The van der Waals surface area contributed by atoms with E-state index in [0.29, 0.717) is 19.6 Å². The zero-order valence-corrected chi connectivity index (χ0v) is 15.6. The predicted molar refractivity (Wildman–Crippen MR) is 97.3 cm³/mol. The summed E-state index contributed by atoms with van der Waals surface area (Å²) in [6.45, 7) is 4.89. The monoisotopic (exact) mass is 370 g/mol. The second-order valence-electron chi connectivity index (χ2n) is 7.20. The van der Waals surface area contributed by atoms with Crippen molar-refractivity contribution in [2.45, 2.75) is 26.4 Å². The Hall–Kier alpha value is -2.03. The van der Waals surface area contributed by atoms with Crippen LogP contribution >= 0.6 is 0 Å². The molecule has 8 heteroatoms. The molecule has 0 fully saturated rings. The van der Waals surface area contributed by atoms with Gasteiger partial charge in [0.1, 0.15) is 0 Å². The van der Waals surface area contributed by atoms with Crippen molar-refractivity contribution in [2.24, 2.45) is 5.41 Å². The molecule has 0 aliphatic carbocycles. The molecule has 148 valence electrons. The van der Waals surface area contributed by atoms with Crippen molar-refractivity contribution in [3.05, 3.63) is 18.2 Å². The third-order valence-corrected chi connectivity index (χ3v) is 3.87. The first-order valence-electron chi connectivity index (χ1n) is 8.52. The molecule has 0 saturated carbocycles. The molecule has 1 unspecified atom stereocenters. The highest BCUT2D eigenvalue weighted by molar-refractivity contribution is 5.77. The number of para-hydroxylation sites is 1. The maximum Gasteiger partial charge on any atom is 0.234 e. The molecule has 0 aliphatic rings. The summed E-state index contributed by atoms with van der Waals surface area (Å²) in [5, 5.41) is 39.7. The lowest BCUT2D eigenvalue weighted by molar-refractivity contribution is -0.122. The number of ether oxygens (including phenoxy) is 1. The number of likely N-dealkylation sites (N-methyl/N-ethyl adjacent to an activating group) is 1. The van der Waals surface area contributed by atoms with E-state index in [-0.39, 0.29) is 41.7 Å². The highest BCUT2D eigenvalue weighted by Gasteiger charge is 2.22. The van der Waals surface area contributed by atoms with Gasteiger partial charge in [0.05, 0.1) is 25.9 Å². The standard InChI is InChI=1S/C18H30N2O6/c1-18(2,7-8-26-15-6-4-5-14(23)17(15)25)12-20(3)10-16(24)19-9-13(22)11-21/h4-6,13,21-23,25H,7-12H2,1-3H3,(H,19,24). The molecule has 1 aromatic rings. The fourth-order valence-corrected chi connectivity index (χ4v) is 2.53. The second kappa shape index (κ2) is 10.2. The van der Waals surface area contributed by atoms with Crippen molar-refractivity contribution in [1.82, 2.24) is 10.2 Å². The molecule has 1 amide bonds. The smallest absolute Gasteiger partial charge is 0.234 e. The van der Waals surface area contributed by atoms with Gasteiger partial charge in [0.2, 0.25) is 11.7 Å². The number of hydrogen-bond acceptors (Lipinski definition) is 7. The minimum absolute atomic E-state index is 0.0216. The van der Waals surface area contributed by atoms with E-state index < -0.39 is 12.7 Å². The van der Waals surface area contributed by atoms with Gasteiger partial charge in [-0.05, 0) is 31.0 Å². The minimum atomic E-state index is -0.952. The molecule has 0 aliphatic heterocycles. The van der Waals surface area contributed by atoms with E-state index in [2.05, 4.69) is 5.32 Å². The summed E-state index contributed by atoms with van der Waals surface area (Å²) in [5.74, 6) is -0.490. The summed E-state index contributed by atoms with van der Waals surface area (Å²) in [6.07, 6.45) is -0.274. The predicted octanol–water partition coefficient (Wildman–Crippen LogP) is 0.294. The number of aromatic hydroxyl groups is 2. The van der Waals surface area contributed by atoms with Crippen LogP contribution in [0.15, 0.2) is 18.2 Å². The summed E-state index contributed by atoms with van der Waals surface area (Å²) in [4.78, 5) is 13.7. The number of aliphatic hydroxyl groups excluding tert-OH is 2. The summed E-state index contributed by atoms with van der Waals surface area (Å²) in [7, 11) is 1.83. The molecular weight excluding hydrogens is 340 g/mol. The zero-order chi connectivity index (χ0) is 19.7. The fraction of sp³-hybridized carbons (Fsp3) is 0.611. The number of rotatable bonds is 11. The molecule has 1 atom stereocenters. The van der Waals surface area contributed by atoms with Crippen LogP contribution in [0.5, 0.6) is 17.2 Å². The van der Waals surface area contributed by atoms with E-state index in [1.54, 1.807) is 12.1 Å². The van der Waals surface area contributed by atoms with Crippen LogP contribution in [0.4, 0.5) is 0 Å². The fourth-order valence-electron chi connectivity index (χ4n) is 2.53. The molecule has 0 spiro atoms. The van der Waals surface area contributed by atoms with Crippen molar-refractivity contribution < 1.29 is 30.0 Å². The Labute approximate surface area is 154 Å². The van der Waals surface area contributed by atoms with Gasteiger partial charge < -0.3 is 30.5 Å². The summed E-state index contributed by atoms with van der Waals surface area (Å²) in [6, 6.07) is 4.56. The van der Waals surface area contributed by atoms with Crippen LogP contribution in [-0.4, -0.2) is 77.2 Å². The van der Waals surface area contributed by atoms with E-state index in [9.17, 15) is 20.1 Å². The molecule has 0 saturated heterocycles. The lowest BCUT2D eigenvalue weighted by Gasteiger charge is -2.30. The number of amides is 1. The number of carbonyl (C=O) groups is 1. The Bertz CT molecular complexity index is 579. The maximum absolute atomic E-state index is 11.8. The van der Waals surface area contributed by atoms with E-state index >= 15 is 0 Å². The normalized spacial score (nSPS) is 12.8. The molecule has 26 heavy (non-hydrogen) atoms. The van der Waals surface area contributed by atoms with Crippen molar-refractivity contribution in [2.75, 3.05) is 39.9 Å². The van der Waals surface area contributed by atoms with Gasteiger partial charge in [-0.2, -0.15) is 0 Å². The number of benzene rings is 1. The summed E-state index contributed by atoms with van der Waals surface area (Å²) in [5.41, 5.74) is -0.147. The molecule has 0 radical (unpaired) electrons. The van der Waals surface area contributed by atoms with Crippen LogP contribution in [0, 0.1) is 5.41 Å². The Kier molecular flexibility index (Phi) is 8.64. The first-order valence-corrected chi connectivity index (χ1v) is 8.52. The van der Waals surface area contributed by atoms with E-state index in [4.69, 9.17) is 9.84 Å². The van der Waals surface area contributed by atoms with E-state index in [1.165, 1.54) is 6.07 Å². The lowest BCUT2D eigenvalue weighted by atomic mass is 9.89. The first-order chi connectivity index (χ1) is 12.1. The minimum Gasteiger partial charge on any atom is -0.504 e. The van der Waals surface area contributed by atoms with Gasteiger partial charge in [-0.1, -0.05) is 19.9 Å². The van der Waals surface area contributed by atoms with Crippen LogP contribution < -0.4 is 10.1 Å². The largest absolute Gasteiger partial charge is 0.504 e. The van der Waals surface area contributed by atoms with Gasteiger partial charge >= 0.3 is 0 Å². The summed E-state index contributed by atoms with van der Waals surface area (Å²) >= 11 is 0. The van der Waals surface area contributed by atoms with E-state index in [1.807, 2.05) is 25.8 Å². The van der Waals surface area contributed by atoms with Crippen molar-refractivity contribution in [3.63, 3.8) is 0 Å². The topological polar surface area (TPSA) is 122 Å². The molecule has 8 nitrogen and oxygen atoms in total. The van der Waals surface area contributed by atoms with Crippen LogP contribution in [0.2, 0.25) is 0 Å². The average Bonchev–Trinajstić information content (AvgIpc) is 2.55. The molecule has 0 aromatic heterocycles. The van der Waals surface area contributed by atoms with Crippen LogP contribution in [0.1, 0.15) is 20.3 Å². The van der Waals surface area contributed by atoms with Gasteiger partial charge in [0.15, 0.2) is 11.5 Å². The van der Waals surface area contributed by atoms with Gasteiger partial charge in [0.25, 0.3) is 0 Å². The number of nitrogens with one attached hydrogen (secondary N) is 1. The molecule has 5 N–H and O–H groups in total. The van der Waals surface area contributed by atoms with Gasteiger partial charge in [-0.25, -0.2) is 0 Å². The molecule has 1 rings (SSSR count). The number of hydrogen-bond donors (Lipinski definition) is 5. The summed E-state index contributed by atoms with van der Waals surface area (Å²) < 4.78 is 5.53. The Balaban J connectivity index is 2.38. The maximum atomic E-state index is 11.8. The SMILES string of the molecule is CN(CC(=O)NCC(O)CO)CC(C)(C)CCOc1cccc(O)c1O.